The van der Waals surface area contributed by atoms with Gasteiger partial charge in [0.15, 0.2) is 6.29 Å². The molecule has 0 aliphatic heterocycles. The molecule has 1 unspecified atom stereocenters. The zero-order valence-electron chi connectivity index (χ0n) is 25.3. The van der Waals surface area contributed by atoms with Crippen molar-refractivity contribution in [1.82, 2.24) is 0 Å². The molecule has 6 heteroatoms. The van der Waals surface area contributed by atoms with E-state index in [4.69, 9.17) is 9.47 Å². The molecule has 0 saturated heterocycles. The standard InChI is InChI=1S/C37H44F2O4/c1-3-5-6-7-8-9-10-11-12-13-14-15-16-17-18-19-20-21-22-23-36(40)43-35-27-24-30(28-33(35)37(41)42-4-2)32-26-25-31(38)29-34(32)39/h5-6,8-9,11-12,14-15,17-18,20-21,24-29,36,40H,3-4,7,10,13,16,19,22-23H2,1-2H3/b6-5-,9-8-,12-11-,15-14-,18-17-,21-20-. The monoisotopic (exact) mass is 590 g/mol. The molecule has 0 aromatic heterocycles. The van der Waals surface area contributed by atoms with Gasteiger partial charge in [-0.15, -0.1) is 0 Å². The lowest BCUT2D eigenvalue weighted by atomic mass is 10.0. The summed E-state index contributed by atoms with van der Waals surface area (Å²) in [4.78, 5) is 12.5. The van der Waals surface area contributed by atoms with Crippen LogP contribution in [-0.4, -0.2) is 24.0 Å². The Balaban J connectivity index is 1.73. The Kier molecular flexibility index (Phi) is 17.7. The fourth-order valence-corrected chi connectivity index (χ4v) is 3.98. The molecular formula is C37H44F2O4. The van der Waals surface area contributed by atoms with Crippen molar-refractivity contribution >= 4 is 5.97 Å². The van der Waals surface area contributed by atoms with E-state index in [0.717, 1.165) is 50.7 Å². The van der Waals surface area contributed by atoms with E-state index in [-0.39, 0.29) is 23.5 Å². The van der Waals surface area contributed by atoms with E-state index in [1.807, 2.05) is 12.2 Å². The molecule has 2 aromatic carbocycles. The summed E-state index contributed by atoms with van der Waals surface area (Å²) in [5, 5.41) is 10.4. The van der Waals surface area contributed by atoms with Crippen molar-refractivity contribution in [2.24, 2.45) is 0 Å². The highest BCUT2D eigenvalue weighted by Crippen LogP contribution is 2.30. The van der Waals surface area contributed by atoms with Crippen LogP contribution in [0.25, 0.3) is 11.1 Å². The Morgan fingerprint density at radius 3 is 1.86 bits per heavy atom. The molecule has 0 amide bonds. The Bertz CT molecular complexity index is 1290. The third-order valence-corrected chi connectivity index (χ3v) is 6.16. The molecule has 0 fully saturated rings. The van der Waals surface area contributed by atoms with Gasteiger partial charge in [-0.05, 0) is 81.7 Å². The van der Waals surface area contributed by atoms with Gasteiger partial charge in [-0.3, -0.25) is 0 Å². The zero-order valence-corrected chi connectivity index (χ0v) is 25.3. The molecule has 0 radical (unpaired) electrons. The lowest BCUT2D eigenvalue weighted by Crippen LogP contribution is -2.17. The lowest BCUT2D eigenvalue weighted by molar-refractivity contribution is -0.0229. The van der Waals surface area contributed by atoms with Gasteiger partial charge >= 0.3 is 5.97 Å². The van der Waals surface area contributed by atoms with Crippen LogP contribution in [0.15, 0.2) is 109 Å². The molecule has 1 atom stereocenters. The molecule has 0 aliphatic rings. The molecule has 1 N–H and O–H groups in total. The van der Waals surface area contributed by atoms with Crippen LogP contribution in [0.5, 0.6) is 5.75 Å². The molecule has 0 spiro atoms. The summed E-state index contributed by atoms with van der Waals surface area (Å²) in [6.07, 6.45) is 31.0. The normalized spacial score (nSPS) is 13.0. The van der Waals surface area contributed by atoms with Crippen LogP contribution in [0.4, 0.5) is 8.78 Å². The van der Waals surface area contributed by atoms with Crippen molar-refractivity contribution in [3.8, 4) is 16.9 Å². The fraction of sp³-hybridized carbons (Fsp3) is 0.324. The minimum absolute atomic E-state index is 0.0519. The molecule has 2 aromatic rings. The predicted molar refractivity (Wildman–Crippen MR) is 172 cm³/mol. The average Bonchev–Trinajstić information content (AvgIpc) is 2.99. The maximum Gasteiger partial charge on any atom is 0.341 e. The number of ether oxygens (including phenoxy) is 2. The molecule has 0 aliphatic carbocycles. The number of halogens is 2. The summed E-state index contributed by atoms with van der Waals surface area (Å²) in [7, 11) is 0. The number of aliphatic hydroxyl groups excluding tert-OH is 1. The average molecular weight is 591 g/mol. The summed E-state index contributed by atoms with van der Waals surface area (Å²) in [5.74, 6) is -1.98. The van der Waals surface area contributed by atoms with E-state index in [2.05, 4.69) is 67.7 Å². The second-order valence-corrected chi connectivity index (χ2v) is 9.62. The Labute approximate surface area is 255 Å². The Morgan fingerprint density at radius 2 is 1.33 bits per heavy atom. The first-order valence-corrected chi connectivity index (χ1v) is 15.0. The quantitative estimate of drug-likeness (QED) is 0.100. The van der Waals surface area contributed by atoms with Gasteiger partial charge in [-0.2, -0.15) is 0 Å². The number of carbonyl (C=O) groups is 1. The number of esters is 1. The van der Waals surface area contributed by atoms with Gasteiger partial charge in [-0.25, -0.2) is 13.6 Å². The molecule has 0 bridgehead atoms. The van der Waals surface area contributed by atoms with Gasteiger partial charge in [0, 0.05) is 18.1 Å². The van der Waals surface area contributed by atoms with Crippen LogP contribution >= 0.6 is 0 Å². The van der Waals surface area contributed by atoms with E-state index >= 15 is 0 Å². The second-order valence-electron chi connectivity index (χ2n) is 9.62. The van der Waals surface area contributed by atoms with Gasteiger partial charge in [-0.1, -0.05) is 85.9 Å². The minimum atomic E-state index is -1.15. The number of hydrogen-bond donors (Lipinski definition) is 1. The summed E-state index contributed by atoms with van der Waals surface area (Å²) in [5.41, 5.74) is 0.549. The van der Waals surface area contributed by atoms with Crippen LogP contribution in [0.1, 0.15) is 75.6 Å². The summed E-state index contributed by atoms with van der Waals surface area (Å²) >= 11 is 0. The van der Waals surface area contributed by atoms with E-state index in [9.17, 15) is 18.7 Å². The zero-order chi connectivity index (χ0) is 31.1. The number of carbonyl (C=O) groups excluding carboxylic acids is 1. The third kappa shape index (κ3) is 14.6. The van der Waals surface area contributed by atoms with Crippen LogP contribution in [0.2, 0.25) is 0 Å². The van der Waals surface area contributed by atoms with E-state index in [1.54, 1.807) is 13.0 Å². The Hall–Kier alpha value is -4.03. The van der Waals surface area contributed by atoms with Gasteiger partial charge in [0.05, 0.1) is 6.61 Å². The van der Waals surface area contributed by atoms with Crippen LogP contribution < -0.4 is 4.74 Å². The molecular weight excluding hydrogens is 546 g/mol. The number of aliphatic hydroxyl groups is 1. The maximum absolute atomic E-state index is 14.3. The first-order valence-electron chi connectivity index (χ1n) is 15.0. The summed E-state index contributed by atoms with van der Waals surface area (Å²) < 4.78 is 38.4. The number of allylic oxidation sites excluding steroid dienone is 12. The predicted octanol–water partition coefficient (Wildman–Crippen LogP) is 9.98. The number of hydrogen-bond acceptors (Lipinski definition) is 4. The van der Waals surface area contributed by atoms with Crippen molar-refractivity contribution in [3.05, 3.63) is 127 Å². The molecule has 43 heavy (non-hydrogen) atoms. The van der Waals surface area contributed by atoms with Crippen molar-refractivity contribution in [1.29, 1.82) is 0 Å². The van der Waals surface area contributed by atoms with E-state index in [1.165, 1.54) is 18.2 Å². The smallest absolute Gasteiger partial charge is 0.341 e. The van der Waals surface area contributed by atoms with Gasteiger partial charge in [0.25, 0.3) is 0 Å². The summed E-state index contributed by atoms with van der Waals surface area (Å²) in [6.45, 7) is 3.94. The number of rotatable bonds is 19. The molecule has 2 rings (SSSR count). The van der Waals surface area contributed by atoms with Gasteiger partial charge in [0.2, 0.25) is 0 Å². The summed E-state index contributed by atoms with van der Waals surface area (Å²) in [6, 6.07) is 7.67. The lowest BCUT2D eigenvalue weighted by Gasteiger charge is -2.16. The van der Waals surface area contributed by atoms with Crippen molar-refractivity contribution in [2.45, 2.75) is 71.5 Å². The SMILES string of the molecule is CC/C=C\C/C=C\C/C=C\C/C=C\C/C=C\C/C=C\CCC(O)Oc1ccc(-c2ccc(F)cc2F)cc1C(=O)OCC. The molecule has 230 valence electrons. The fourth-order valence-electron chi connectivity index (χ4n) is 3.98. The topological polar surface area (TPSA) is 55.8 Å². The van der Waals surface area contributed by atoms with Crippen molar-refractivity contribution < 1.29 is 28.2 Å². The highest BCUT2D eigenvalue weighted by molar-refractivity contribution is 5.94. The van der Waals surface area contributed by atoms with Gasteiger partial charge < -0.3 is 14.6 Å². The highest BCUT2D eigenvalue weighted by Gasteiger charge is 2.19. The van der Waals surface area contributed by atoms with Crippen LogP contribution in [0, 0.1) is 11.6 Å². The van der Waals surface area contributed by atoms with Crippen molar-refractivity contribution in [2.75, 3.05) is 6.61 Å². The van der Waals surface area contributed by atoms with Gasteiger partial charge in [0.1, 0.15) is 22.9 Å². The van der Waals surface area contributed by atoms with Crippen LogP contribution in [-0.2, 0) is 4.74 Å². The first kappa shape index (κ1) is 35.2. The maximum atomic E-state index is 14.3. The first-order chi connectivity index (χ1) is 21.0. The minimum Gasteiger partial charge on any atom is -0.464 e. The largest absolute Gasteiger partial charge is 0.464 e. The van der Waals surface area contributed by atoms with E-state index < -0.39 is 23.9 Å². The third-order valence-electron chi connectivity index (χ3n) is 6.16. The number of benzene rings is 2. The molecule has 0 heterocycles. The second kappa shape index (κ2) is 21.6. The molecule has 4 nitrogen and oxygen atoms in total. The highest BCUT2D eigenvalue weighted by atomic mass is 19.1. The molecule has 0 saturated carbocycles. The van der Waals surface area contributed by atoms with Crippen molar-refractivity contribution in [3.63, 3.8) is 0 Å². The van der Waals surface area contributed by atoms with Crippen LogP contribution in [0.3, 0.4) is 0 Å². The van der Waals surface area contributed by atoms with E-state index in [0.29, 0.717) is 18.4 Å². The Morgan fingerprint density at radius 1 is 0.767 bits per heavy atom.